The van der Waals surface area contributed by atoms with Gasteiger partial charge in [-0.15, -0.1) is 0 Å². The summed E-state index contributed by atoms with van der Waals surface area (Å²) in [7, 11) is 1.24. The molecule has 0 bridgehead atoms. The fourth-order valence-electron chi connectivity index (χ4n) is 4.02. The number of amides is 1. The number of carbonyl (C=O) groups excluding carboxylic acids is 1. The molecule has 0 aromatic carbocycles. The minimum Gasteiger partial charge on any atom is -0.756 e. The van der Waals surface area contributed by atoms with Crippen LogP contribution < -0.4 is 10.2 Å². The van der Waals surface area contributed by atoms with Crippen molar-refractivity contribution in [2.75, 3.05) is 40.9 Å². The lowest BCUT2D eigenvalue weighted by molar-refractivity contribution is -0.870. The molecule has 0 fully saturated rings. The number of nitrogens with one attached hydrogen (secondary N) is 1. The summed E-state index contributed by atoms with van der Waals surface area (Å²) in [6, 6.07) is -0.882. The monoisotopic (exact) mass is 588 g/mol. The number of rotatable bonds is 27. The lowest BCUT2D eigenvalue weighted by Crippen LogP contribution is -2.45. The normalized spacial score (nSPS) is 15.5. The Morgan fingerprint density at radius 3 is 2.00 bits per heavy atom. The van der Waals surface area contributed by atoms with Crippen LogP contribution in [0.25, 0.3) is 0 Å². The highest BCUT2D eigenvalue weighted by Gasteiger charge is 2.23. The molecule has 0 aliphatic carbocycles. The van der Waals surface area contributed by atoms with Gasteiger partial charge in [-0.1, -0.05) is 89.5 Å². The minimum absolute atomic E-state index is 0.00345. The number of hydrogen-bond donors (Lipinski definition) is 2. The highest BCUT2D eigenvalue weighted by atomic mass is 31.2. The first kappa shape index (κ1) is 39.0. The maximum Gasteiger partial charge on any atom is 0.268 e. The molecule has 9 heteroatoms. The van der Waals surface area contributed by atoms with E-state index < -0.39 is 20.0 Å². The zero-order valence-corrected chi connectivity index (χ0v) is 27.2. The average molecular weight is 589 g/mol. The number of aliphatic hydroxyl groups is 1. The Morgan fingerprint density at radius 1 is 0.850 bits per heavy atom. The first-order chi connectivity index (χ1) is 19.0. The van der Waals surface area contributed by atoms with Gasteiger partial charge in [-0.25, -0.2) is 0 Å². The molecule has 0 aliphatic heterocycles. The average Bonchev–Trinajstić information content (AvgIpc) is 2.88. The number of aliphatic hydroxyl groups excluding tert-OH is 1. The molecular weight excluding hydrogens is 527 g/mol. The van der Waals surface area contributed by atoms with E-state index in [9.17, 15) is 19.4 Å². The van der Waals surface area contributed by atoms with Crippen LogP contribution in [0.2, 0.25) is 0 Å². The van der Waals surface area contributed by atoms with E-state index in [1.807, 2.05) is 27.2 Å². The van der Waals surface area contributed by atoms with Crippen LogP contribution in [-0.4, -0.2) is 68.5 Å². The molecule has 0 aliphatic rings. The van der Waals surface area contributed by atoms with Gasteiger partial charge in [0.1, 0.15) is 13.2 Å². The van der Waals surface area contributed by atoms with Gasteiger partial charge in [0.05, 0.1) is 39.9 Å². The number of quaternary nitrogens is 1. The molecule has 0 aromatic rings. The third-order valence-corrected chi connectivity index (χ3v) is 7.62. The number of unbranched alkanes of at least 4 members (excludes halogenated alkanes) is 12. The van der Waals surface area contributed by atoms with Gasteiger partial charge in [-0.2, -0.15) is 0 Å². The summed E-state index contributed by atoms with van der Waals surface area (Å²) in [5, 5.41) is 13.4. The zero-order valence-electron chi connectivity index (χ0n) is 26.3. The van der Waals surface area contributed by atoms with E-state index in [0.717, 1.165) is 57.8 Å². The molecule has 0 saturated heterocycles. The van der Waals surface area contributed by atoms with E-state index in [1.54, 1.807) is 6.08 Å². The van der Waals surface area contributed by atoms with E-state index in [0.29, 0.717) is 17.4 Å². The molecule has 0 aromatic heterocycles. The lowest BCUT2D eigenvalue weighted by Gasteiger charge is -2.29. The second-order valence-electron chi connectivity index (χ2n) is 11.8. The van der Waals surface area contributed by atoms with Gasteiger partial charge in [-0.3, -0.25) is 9.36 Å². The molecule has 40 heavy (non-hydrogen) atoms. The standard InChI is InChI=1S/C31H61N2O6P/c1-6-8-10-12-13-14-15-16-17-18-19-21-23-25-31(35)32-29(30(34)24-22-20-11-9-7-2)28-39-40(36,37)38-27-26-33(3,4)5/h14-15,22,24,29-30,34H,6-13,16-21,23,25-28H2,1-5H3,(H-,32,35,36,37)/b15-14-,24-22+. The van der Waals surface area contributed by atoms with Gasteiger partial charge in [0.2, 0.25) is 5.91 Å². The van der Waals surface area contributed by atoms with E-state index in [2.05, 4.69) is 31.3 Å². The highest BCUT2D eigenvalue weighted by molar-refractivity contribution is 7.45. The van der Waals surface area contributed by atoms with E-state index in [-0.39, 0.29) is 19.1 Å². The second kappa shape index (κ2) is 24.6. The molecule has 1 amide bonds. The second-order valence-corrected chi connectivity index (χ2v) is 13.2. The third kappa shape index (κ3) is 25.9. The van der Waals surface area contributed by atoms with Crippen molar-refractivity contribution in [1.29, 1.82) is 0 Å². The van der Waals surface area contributed by atoms with Crippen molar-refractivity contribution in [1.82, 2.24) is 5.32 Å². The summed E-state index contributed by atoms with van der Waals surface area (Å²) < 4.78 is 22.8. The molecular formula is C31H61N2O6P. The number of carbonyl (C=O) groups is 1. The number of hydrogen-bond acceptors (Lipinski definition) is 6. The van der Waals surface area contributed by atoms with E-state index >= 15 is 0 Å². The molecule has 2 N–H and O–H groups in total. The SMILES string of the molecule is CCCCC/C=C/C(O)C(COP(=O)([O-])OCC[N+](C)(C)C)NC(=O)CCCCCCC/C=C\CCCCCC. The summed E-state index contributed by atoms with van der Waals surface area (Å²) in [5.74, 6) is -0.218. The molecule has 3 unspecified atom stereocenters. The van der Waals surface area contributed by atoms with E-state index in [4.69, 9.17) is 9.05 Å². The molecule has 8 nitrogen and oxygen atoms in total. The predicted octanol–water partition coefficient (Wildman–Crippen LogP) is 6.43. The summed E-state index contributed by atoms with van der Waals surface area (Å²) in [6.07, 6.45) is 24.0. The van der Waals surface area contributed by atoms with Gasteiger partial charge >= 0.3 is 0 Å². The van der Waals surface area contributed by atoms with Gasteiger partial charge in [-0.05, 0) is 44.9 Å². The fourth-order valence-corrected chi connectivity index (χ4v) is 4.75. The Balaban J connectivity index is 4.50. The first-order valence-corrected chi connectivity index (χ1v) is 17.2. The Hall–Kier alpha value is -1.02. The quantitative estimate of drug-likeness (QED) is 0.0495. The van der Waals surface area contributed by atoms with Crippen LogP contribution in [0, 0.1) is 0 Å². The Labute approximate surface area is 245 Å². The van der Waals surface area contributed by atoms with Crippen LogP contribution in [0.3, 0.4) is 0 Å². The molecule has 0 spiro atoms. The Bertz CT molecular complexity index is 723. The molecule has 236 valence electrons. The Kier molecular flexibility index (Phi) is 23.9. The van der Waals surface area contributed by atoms with Crippen LogP contribution >= 0.6 is 7.82 Å². The van der Waals surface area contributed by atoms with Crippen molar-refractivity contribution in [3.05, 3.63) is 24.3 Å². The number of phosphoric acid groups is 1. The summed E-state index contributed by atoms with van der Waals surface area (Å²) in [5.41, 5.74) is 0. The lowest BCUT2D eigenvalue weighted by atomic mass is 10.1. The topological polar surface area (TPSA) is 108 Å². The maximum absolute atomic E-state index is 12.6. The maximum atomic E-state index is 12.6. The number of phosphoric ester groups is 1. The molecule has 0 radical (unpaired) electrons. The van der Waals surface area contributed by atoms with Crippen molar-refractivity contribution >= 4 is 13.7 Å². The number of likely N-dealkylation sites (N-methyl/N-ethyl adjacent to an activating group) is 1. The predicted molar refractivity (Wildman–Crippen MR) is 164 cm³/mol. The zero-order chi connectivity index (χ0) is 30.1. The summed E-state index contributed by atoms with van der Waals surface area (Å²) in [4.78, 5) is 24.8. The molecule has 0 saturated carbocycles. The number of nitrogens with zero attached hydrogens (tertiary/aromatic N) is 1. The summed E-state index contributed by atoms with van der Waals surface area (Å²) >= 11 is 0. The minimum atomic E-state index is -4.56. The van der Waals surface area contributed by atoms with Gasteiger partial charge in [0.15, 0.2) is 0 Å². The van der Waals surface area contributed by atoms with Crippen molar-refractivity contribution < 1.29 is 32.9 Å². The van der Waals surface area contributed by atoms with Crippen molar-refractivity contribution in [2.24, 2.45) is 0 Å². The van der Waals surface area contributed by atoms with Gasteiger partial charge in [0.25, 0.3) is 7.82 Å². The van der Waals surface area contributed by atoms with Crippen LogP contribution in [0.5, 0.6) is 0 Å². The van der Waals surface area contributed by atoms with Crippen LogP contribution in [0.4, 0.5) is 0 Å². The highest BCUT2D eigenvalue weighted by Crippen LogP contribution is 2.38. The third-order valence-electron chi connectivity index (χ3n) is 6.66. The van der Waals surface area contributed by atoms with Crippen LogP contribution in [0.15, 0.2) is 24.3 Å². The molecule has 3 atom stereocenters. The van der Waals surface area contributed by atoms with E-state index in [1.165, 1.54) is 38.5 Å². The van der Waals surface area contributed by atoms with Crippen LogP contribution in [-0.2, 0) is 18.4 Å². The molecule has 0 rings (SSSR count). The first-order valence-electron chi connectivity index (χ1n) is 15.7. The van der Waals surface area contributed by atoms with Crippen molar-refractivity contribution in [2.45, 2.75) is 129 Å². The van der Waals surface area contributed by atoms with Gasteiger partial charge < -0.3 is 28.8 Å². The fraction of sp³-hybridized carbons (Fsp3) is 0.839. The Morgan fingerprint density at radius 2 is 1.38 bits per heavy atom. The summed E-state index contributed by atoms with van der Waals surface area (Å²) in [6.45, 7) is 4.46. The largest absolute Gasteiger partial charge is 0.756 e. The molecule has 0 heterocycles. The van der Waals surface area contributed by atoms with Crippen molar-refractivity contribution in [3.63, 3.8) is 0 Å². The van der Waals surface area contributed by atoms with Gasteiger partial charge in [0, 0.05) is 6.42 Å². The smallest absolute Gasteiger partial charge is 0.268 e. The van der Waals surface area contributed by atoms with Crippen LogP contribution in [0.1, 0.15) is 117 Å². The number of allylic oxidation sites excluding steroid dienone is 3. The van der Waals surface area contributed by atoms with Crippen molar-refractivity contribution in [3.8, 4) is 0 Å².